The van der Waals surface area contributed by atoms with Crippen LogP contribution in [0.5, 0.6) is 0 Å². The molecular weight excluding hydrogens is 260 g/mol. The number of carboxylic acid groups (broad SMARTS) is 1. The van der Waals surface area contributed by atoms with Crippen LogP contribution in [0.2, 0.25) is 0 Å². The van der Waals surface area contributed by atoms with Gasteiger partial charge in [-0.2, -0.15) is 0 Å². The molecule has 19 heavy (non-hydrogen) atoms. The fourth-order valence-corrected chi connectivity index (χ4v) is 3.82. The van der Waals surface area contributed by atoms with Crippen LogP contribution in [0.15, 0.2) is 0 Å². The van der Waals surface area contributed by atoms with Crippen molar-refractivity contribution in [1.29, 1.82) is 0 Å². The number of aromatic nitrogens is 1. The van der Waals surface area contributed by atoms with E-state index >= 15 is 0 Å². The number of piperidine rings is 1. The van der Waals surface area contributed by atoms with Gasteiger partial charge in [0.05, 0.1) is 12.2 Å². The lowest BCUT2D eigenvalue weighted by atomic mass is 9.98. The van der Waals surface area contributed by atoms with Crippen molar-refractivity contribution in [1.82, 2.24) is 9.88 Å². The van der Waals surface area contributed by atoms with Gasteiger partial charge >= 0.3 is 5.97 Å². The molecule has 4 nitrogen and oxygen atoms in total. The molecule has 0 saturated carbocycles. The first-order chi connectivity index (χ1) is 9.02. The number of carbonyl (C=O) groups is 1. The van der Waals surface area contributed by atoms with E-state index in [1.807, 2.05) is 6.92 Å². The van der Waals surface area contributed by atoms with Crippen molar-refractivity contribution in [2.24, 2.45) is 0 Å². The van der Waals surface area contributed by atoms with Gasteiger partial charge < -0.3 is 5.11 Å². The van der Waals surface area contributed by atoms with Gasteiger partial charge in [-0.1, -0.05) is 13.3 Å². The predicted molar refractivity (Wildman–Crippen MR) is 76.8 cm³/mol. The summed E-state index contributed by atoms with van der Waals surface area (Å²) >= 11 is 1.34. The van der Waals surface area contributed by atoms with Crippen molar-refractivity contribution in [2.45, 2.75) is 65.1 Å². The zero-order valence-corrected chi connectivity index (χ0v) is 12.7. The van der Waals surface area contributed by atoms with Crippen molar-refractivity contribution in [3.63, 3.8) is 0 Å². The standard InChI is InChI=1S/C14H22N2O2S/c1-4-11-13(14(17)18)19-12(15-11)8-16-9(2)6-5-7-10(16)3/h9-10H,4-8H2,1-3H3,(H,17,18). The lowest BCUT2D eigenvalue weighted by molar-refractivity contribution is 0.0701. The lowest BCUT2D eigenvalue weighted by Gasteiger charge is -2.38. The second-order valence-corrected chi connectivity index (χ2v) is 6.43. The summed E-state index contributed by atoms with van der Waals surface area (Å²) in [7, 11) is 0. The van der Waals surface area contributed by atoms with Crippen LogP contribution in [-0.4, -0.2) is 33.0 Å². The number of rotatable bonds is 4. The summed E-state index contributed by atoms with van der Waals surface area (Å²) in [5.41, 5.74) is 0.727. The van der Waals surface area contributed by atoms with Crippen LogP contribution in [0.4, 0.5) is 0 Å². The van der Waals surface area contributed by atoms with Crippen molar-refractivity contribution >= 4 is 17.3 Å². The third kappa shape index (κ3) is 3.15. The highest BCUT2D eigenvalue weighted by atomic mass is 32.1. The molecule has 0 amide bonds. The van der Waals surface area contributed by atoms with Crippen LogP contribution in [0.1, 0.15) is 60.4 Å². The summed E-state index contributed by atoms with van der Waals surface area (Å²) in [6.45, 7) is 7.24. The Morgan fingerprint density at radius 2 is 2.05 bits per heavy atom. The maximum atomic E-state index is 11.2. The normalized spacial score (nSPS) is 24.6. The Balaban J connectivity index is 2.16. The van der Waals surface area contributed by atoms with E-state index in [4.69, 9.17) is 0 Å². The Kier molecular flexibility index (Phi) is 4.58. The molecular formula is C14H22N2O2S. The summed E-state index contributed by atoms with van der Waals surface area (Å²) in [5, 5.41) is 10.1. The van der Waals surface area contributed by atoms with Gasteiger partial charge in [-0.25, -0.2) is 9.78 Å². The van der Waals surface area contributed by atoms with Crippen LogP contribution >= 0.6 is 11.3 Å². The molecule has 5 heteroatoms. The third-order valence-corrected chi connectivity index (χ3v) is 5.04. The summed E-state index contributed by atoms with van der Waals surface area (Å²) in [5.74, 6) is -0.847. The van der Waals surface area contributed by atoms with Gasteiger partial charge in [-0.15, -0.1) is 11.3 Å². The summed E-state index contributed by atoms with van der Waals surface area (Å²) < 4.78 is 0. The van der Waals surface area contributed by atoms with Crippen LogP contribution in [0, 0.1) is 0 Å². The van der Waals surface area contributed by atoms with Gasteiger partial charge in [-0.05, 0) is 33.1 Å². The average Bonchev–Trinajstić information content (AvgIpc) is 2.77. The van der Waals surface area contributed by atoms with Gasteiger partial charge in [-0.3, -0.25) is 4.90 Å². The minimum atomic E-state index is -0.847. The number of likely N-dealkylation sites (tertiary alicyclic amines) is 1. The molecule has 1 saturated heterocycles. The fraction of sp³-hybridized carbons (Fsp3) is 0.714. The van der Waals surface area contributed by atoms with E-state index < -0.39 is 5.97 Å². The highest BCUT2D eigenvalue weighted by Crippen LogP contribution is 2.27. The zero-order valence-electron chi connectivity index (χ0n) is 11.8. The second kappa shape index (κ2) is 6.01. The molecule has 0 aromatic carbocycles. The van der Waals surface area contributed by atoms with Gasteiger partial charge in [0.2, 0.25) is 0 Å². The molecule has 0 aliphatic carbocycles. The summed E-state index contributed by atoms with van der Waals surface area (Å²) in [6.07, 6.45) is 4.42. The van der Waals surface area contributed by atoms with E-state index in [9.17, 15) is 9.90 Å². The number of hydrogen-bond donors (Lipinski definition) is 1. The molecule has 106 valence electrons. The monoisotopic (exact) mass is 282 g/mol. The van der Waals surface area contributed by atoms with Crippen molar-refractivity contribution in [2.75, 3.05) is 0 Å². The highest BCUT2D eigenvalue weighted by molar-refractivity contribution is 7.13. The topological polar surface area (TPSA) is 53.4 Å². The minimum Gasteiger partial charge on any atom is -0.477 e. The smallest absolute Gasteiger partial charge is 0.347 e. The molecule has 1 aromatic rings. The first-order valence-electron chi connectivity index (χ1n) is 7.00. The van der Waals surface area contributed by atoms with Gasteiger partial charge in [0.25, 0.3) is 0 Å². The van der Waals surface area contributed by atoms with Crippen LogP contribution in [0.3, 0.4) is 0 Å². The van der Waals surface area contributed by atoms with E-state index in [0.29, 0.717) is 23.4 Å². The first-order valence-corrected chi connectivity index (χ1v) is 7.82. The molecule has 0 radical (unpaired) electrons. The van der Waals surface area contributed by atoms with E-state index in [-0.39, 0.29) is 0 Å². The quantitative estimate of drug-likeness (QED) is 0.921. The molecule has 1 fully saturated rings. The van der Waals surface area contributed by atoms with Crippen LogP contribution in [-0.2, 0) is 13.0 Å². The highest BCUT2D eigenvalue weighted by Gasteiger charge is 2.26. The SMILES string of the molecule is CCc1nc(CN2C(C)CCCC2C)sc1C(=O)O. The molecule has 1 aliphatic rings. The Labute approximate surface area is 118 Å². The van der Waals surface area contributed by atoms with E-state index in [0.717, 1.165) is 17.2 Å². The largest absolute Gasteiger partial charge is 0.477 e. The Hall–Kier alpha value is -0.940. The van der Waals surface area contributed by atoms with Crippen molar-refractivity contribution in [3.05, 3.63) is 15.6 Å². The molecule has 1 N–H and O–H groups in total. The number of aromatic carboxylic acids is 1. The number of hydrogen-bond acceptors (Lipinski definition) is 4. The van der Waals surface area contributed by atoms with E-state index in [1.165, 1.54) is 30.6 Å². The Bertz CT molecular complexity index is 448. The second-order valence-electron chi connectivity index (χ2n) is 5.34. The van der Waals surface area contributed by atoms with E-state index in [1.54, 1.807) is 0 Å². The molecule has 0 spiro atoms. The maximum Gasteiger partial charge on any atom is 0.347 e. The Morgan fingerprint density at radius 3 is 2.53 bits per heavy atom. The van der Waals surface area contributed by atoms with Gasteiger partial charge in [0, 0.05) is 12.1 Å². The lowest BCUT2D eigenvalue weighted by Crippen LogP contribution is -2.42. The van der Waals surface area contributed by atoms with Crippen LogP contribution in [0.25, 0.3) is 0 Å². The molecule has 1 aliphatic heterocycles. The Morgan fingerprint density at radius 1 is 1.42 bits per heavy atom. The molecule has 2 rings (SSSR count). The average molecular weight is 282 g/mol. The molecule has 2 unspecified atom stereocenters. The number of nitrogens with zero attached hydrogens (tertiary/aromatic N) is 2. The maximum absolute atomic E-state index is 11.2. The van der Waals surface area contributed by atoms with E-state index in [2.05, 4.69) is 23.7 Å². The number of thiazole rings is 1. The first kappa shape index (κ1) is 14.5. The van der Waals surface area contributed by atoms with Crippen molar-refractivity contribution in [3.8, 4) is 0 Å². The fourth-order valence-electron chi connectivity index (χ4n) is 2.82. The number of aryl methyl sites for hydroxylation is 1. The molecule has 1 aromatic heterocycles. The summed E-state index contributed by atoms with van der Waals surface area (Å²) in [6, 6.07) is 1.12. The third-order valence-electron chi connectivity index (χ3n) is 3.96. The van der Waals surface area contributed by atoms with Crippen molar-refractivity contribution < 1.29 is 9.90 Å². The zero-order chi connectivity index (χ0) is 14.0. The van der Waals surface area contributed by atoms with Crippen LogP contribution < -0.4 is 0 Å². The summed E-state index contributed by atoms with van der Waals surface area (Å²) in [4.78, 5) is 18.5. The molecule has 0 bridgehead atoms. The van der Waals surface area contributed by atoms with Gasteiger partial charge in [0.15, 0.2) is 0 Å². The minimum absolute atomic E-state index is 0.412. The predicted octanol–water partition coefficient (Wildman–Crippen LogP) is 3.17. The number of carboxylic acids is 1. The molecule has 2 atom stereocenters. The molecule has 2 heterocycles. The van der Waals surface area contributed by atoms with Gasteiger partial charge in [0.1, 0.15) is 9.88 Å².